The third kappa shape index (κ3) is 46.5. The number of nitrogens with one attached hydrogen (secondary N) is 25. The van der Waals surface area contributed by atoms with Crippen LogP contribution in [0.1, 0.15) is 202 Å². The van der Waals surface area contributed by atoms with Crippen LogP contribution in [0.25, 0.3) is 0 Å². The maximum Gasteiger partial charge on any atom is 0.245 e. The number of hydrogen-bond donors (Lipinski definition) is 29. The van der Waals surface area contributed by atoms with Gasteiger partial charge >= 0.3 is 0 Å². The molecular formula is C92H151N29O28. The second kappa shape index (κ2) is 63.9. The van der Waals surface area contributed by atoms with Crippen LogP contribution in [0.3, 0.4) is 0 Å². The molecular weight excluding hydrogens is 1960 g/mol. The highest BCUT2D eigenvalue weighted by molar-refractivity contribution is 6.03. The van der Waals surface area contributed by atoms with E-state index in [1.54, 1.807) is 12.1 Å². The number of amides is 27. The fourth-order valence-corrected chi connectivity index (χ4v) is 13.5. The average molecular weight is 2110 g/mol. The number of benzene rings is 1. The number of phenolic OH excluding ortho intramolecular Hbond substituents is 1. The first-order valence-corrected chi connectivity index (χ1v) is 48.7. The highest BCUT2D eigenvalue weighted by Crippen LogP contribution is 2.20. The summed E-state index contributed by atoms with van der Waals surface area (Å²) in [6.45, 7) is 26.1. The Hall–Kier alpha value is -15.4. The van der Waals surface area contributed by atoms with Gasteiger partial charge in [0.05, 0.1) is 13.1 Å². The van der Waals surface area contributed by atoms with Crippen LogP contribution >= 0.6 is 0 Å². The van der Waals surface area contributed by atoms with Gasteiger partial charge in [-0.3, -0.25) is 129 Å². The largest absolute Gasteiger partial charge is 0.508 e. The minimum absolute atomic E-state index is 0.0147. The number of primary amides is 1. The van der Waals surface area contributed by atoms with Crippen molar-refractivity contribution < 1.29 is 135 Å². The minimum atomic E-state index is -1.34. The number of rotatable bonds is 61. The van der Waals surface area contributed by atoms with E-state index in [0.717, 1.165) is 0 Å². The van der Waals surface area contributed by atoms with Gasteiger partial charge < -0.3 is 160 Å². The van der Waals surface area contributed by atoms with E-state index in [9.17, 15) is 135 Å². The number of likely N-dealkylation sites (tertiary alicyclic amines) is 1. The molecule has 832 valence electrons. The molecule has 1 fully saturated rings. The average Bonchev–Trinajstić information content (AvgIpc) is 1.70. The molecule has 0 radical (unpaired) electrons. The second-order valence-electron chi connectivity index (χ2n) is 36.6. The molecule has 57 heteroatoms. The van der Waals surface area contributed by atoms with Crippen LogP contribution in [0, 0.1) is 0 Å². The highest BCUT2D eigenvalue weighted by atomic mass is 16.3. The van der Waals surface area contributed by atoms with E-state index in [-0.39, 0.29) is 44.5 Å². The van der Waals surface area contributed by atoms with Crippen molar-refractivity contribution in [1.82, 2.24) is 138 Å². The van der Waals surface area contributed by atoms with Gasteiger partial charge in [0.1, 0.15) is 151 Å². The highest BCUT2D eigenvalue weighted by Gasteiger charge is 2.40. The number of hydrogen-bond acceptors (Lipinski definition) is 30. The summed E-state index contributed by atoms with van der Waals surface area (Å²) in [5.41, 5.74) is 17.1. The molecule has 24 atom stereocenters. The number of phenols is 1. The zero-order valence-corrected chi connectivity index (χ0v) is 87.7. The van der Waals surface area contributed by atoms with Gasteiger partial charge in [-0.2, -0.15) is 0 Å². The molecule has 1 saturated heterocycles. The van der Waals surface area contributed by atoms with Gasteiger partial charge in [-0.25, -0.2) is 0 Å². The summed E-state index contributed by atoms with van der Waals surface area (Å²) in [6, 6.07) is -24.5. The molecule has 32 N–H and O–H groups in total. The number of carbonyl (C=O) groups is 27. The standard InChI is InChI=1S/C92H151N29O28/c1-40(70(127)99-41(2)71(128)100-42(3)72(129)101-43(4)73(130)102-44(5)74(131)103-46(7)76(133)106-49(10)79(136)109-52(13)82(139)112-55(16)85(142)115-58(19)88(145)120-63(69(95)126)27-22-24-34-93)98-67(124)38-97-91(148)66-29-26-36-121(66)92(149)59(20)117-87(144)56(17)114-84(141)53(14)111-81(138)50(11)108-78(135)47(8)105-75(132)45(6)104-77(134)48(9)107-80(137)51(12)110-83(140)54(15)113-86(143)57(18)116-90(147)64(28-23-25-35-94)119-68(125)39-96-89(146)65(118-60(21)122)37-61-30-32-62(123)33-31-61/h30-33,40-59,63-66,123H,22-29,34-39,93-94H2,1-21H3,(H2,95,126)(H,96,146)(H,97,148)(H,98,124)(H,99,127)(H,100,128)(H,101,129)(H,102,130)(H,103,131)(H,104,134)(H,105,132)(H,106,133)(H,107,137)(H,108,135)(H,109,136)(H,110,140)(H,111,138)(H,112,139)(H,113,143)(H,114,141)(H,115,142)(H,116,147)(H,117,144)(H,118,122)(H,119,125)(H,120,145)/t40-,41-,42-,43-,44-,45-,46-,47-,48-,49-,50-,51-,52-,53-,54-,55-,56-,57-,58-,59-,63-,64-,65-,66+/m0/s1. The quantitative estimate of drug-likeness (QED) is 0.0269. The van der Waals surface area contributed by atoms with Crippen molar-refractivity contribution in [2.75, 3.05) is 32.7 Å². The number of aromatic hydroxyl groups is 1. The maximum absolute atomic E-state index is 13.7. The van der Waals surface area contributed by atoms with E-state index < -0.39 is 318 Å². The molecule has 1 heterocycles. The lowest BCUT2D eigenvalue weighted by molar-refractivity contribution is -0.141. The summed E-state index contributed by atoms with van der Waals surface area (Å²) >= 11 is 0. The molecule has 1 aliphatic heterocycles. The monoisotopic (exact) mass is 2110 g/mol. The predicted octanol–water partition coefficient (Wildman–Crippen LogP) is -12.5. The molecule has 1 aromatic carbocycles. The minimum Gasteiger partial charge on any atom is -0.508 e. The van der Waals surface area contributed by atoms with Crippen LogP contribution in [0.15, 0.2) is 24.3 Å². The Morgan fingerprint density at radius 3 is 0.779 bits per heavy atom. The first-order valence-electron chi connectivity index (χ1n) is 48.7. The lowest BCUT2D eigenvalue weighted by Crippen LogP contribution is -2.59. The van der Waals surface area contributed by atoms with Crippen molar-refractivity contribution in [2.45, 2.75) is 348 Å². The SMILES string of the molecule is CC(=O)N[C@@H](Cc1ccc(O)cc1)C(=O)NCC(=O)N[C@@H](CCCCN)C(=O)N[C@@H](C)C(=O)N[C@@H](C)C(=O)N[C@@H](C)C(=O)N[C@@H](C)C(=O)N[C@@H](C)C(=O)N[C@@H](C)C(=O)N[C@@H](C)C(=O)N[C@@H](C)C(=O)N[C@@H](C)C(=O)N[C@@H](C)C(=O)N1CCC[C@@H]1C(=O)NCC(=O)N[C@@H](C)C(=O)N[C@@H](C)C(=O)N[C@@H](C)C(=O)N[C@@H](C)C(=O)N[C@@H](C)C(=O)N[C@@H](C)C(=O)N[C@@H](C)C(=O)N[C@@H](C)C(=O)N[C@@H](C)C(=O)N[C@@H](C)C(=O)N[C@@H](CCCCN)C(N)=O. The molecule has 57 nitrogen and oxygen atoms in total. The van der Waals surface area contributed by atoms with Gasteiger partial charge in [0.2, 0.25) is 159 Å². The van der Waals surface area contributed by atoms with Crippen LogP contribution in [0.5, 0.6) is 5.75 Å². The van der Waals surface area contributed by atoms with Crippen molar-refractivity contribution in [3.05, 3.63) is 29.8 Å². The summed E-state index contributed by atoms with van der Waals surface area (Å²) in [7, 11) is 0. The topological polar surface area (TPSA) is 863 Å². The maximum atomic E-state index is 13.7. The summed E-state index contributed by atoms with van der Waals surface area (Å²) in [5.74, 6) is -22.3. The van der Waals surface area contributed by atoms with Crippen molar-refractivity contribution in [2.24, 2.45) is 17.2 Å². The molecule has 0 aromatic heterocycles. The first-order chi connectivity index (χ1) is 69.4. The number of carbonyl (C=O) groups excluding carboxylic acids is 27. The van der Waals surface area contributed by atoms with Crippen LogP contribution in [0.4, 0.5) is 0 Å². The first kappa shape index (κ1) is 130. The van der Waals surface area contributed by atoms with Gasteiger partial charge in [-0.15, -0.1) is 0 Å². The van der Waals surface area contributed by atoms with Crippen molar-refractivity contribution in [3.63, 3.8) is 0 Å². The van der Waals surface area contributed by atoms with Crippen LogP contribution in [-0.2, 0) is 136 Å². The lowest BCUT2D eigenvalue weighted by atomic mass is 10.0. The second-order valence-corrected chi connectivity index (χ2v) is 36.6. The molecule has 0 bridgehead atoms. The van der Waals surface area contributed by atoms with Crippen molar-refractivity contribution in [1.29, 1.82) is 0 Å². The number of nitrogens with two attached hydrogens (primary N) is 3. The third-order valence-corrected chi connectivity index (χ3v) is 23.0. The van der Waals surface area contributed by atoms with Crippen LogP contribution in [0.2, 0.25) is 0 Å². The van der Waals surface area contributed by atoms with Crippen LogP contribution < -0.4 is 150 Å². The lowest BCUT2D eigenvalue weighted by Gasteiger charge is -2.28. The zero-order chi connectivity index (χ0) is 114. The Labute approximate surface area is 861 Å². The van der Waals surface area contributed by atoms with Crippen LogP contribution in [-0.4, -0.2) is 347 Å². The van der Waals surface area contributed by atoms with Gasteiger partial charge in [0.15, 0.2) is 0 Å². The fourth-order valence-electron chi connectivity index (χ4n) is 13.5. The van der Waals surface area contributed by atoms with E-state index in [4.69, 9.17) is 17.2 Å². The smallest absolute Gasteiger partial charge is 0.245 e. The Balaban J connectivity index is 1.79. The predicted molar refractivity (Wildman–Crippen MR) is 531 cm³/mol. The normalized spacial score (nSPS) is 16.6. The van der Waals surface area contributed by atoms with Crippen molar-refractivity contribution >= 4 is 159 Å². The van der Waals surface area contributed by atoms with Gasteiger partial charge in [0, 0.05) is 19.9 Å². The molecule has 0 saturated carbocycles. The zero-order valence-electron chi connectivity index (χ0n) is 87.7. The summed E-state index contributed by atoms with van der Waals surface area (Å²) < 4.78 is 0. The van der Waals surface area contributed by atoms with Gasteiger partial charge in [-0.1, -0.05) is 12.1 Å². The molecule has 0 aliphatic carbocycles. The number of nitrogens with zero attached hydrogens (tertiary/aromatic N) is 1. The Bertz CT molecular complexity index is 4950. The van der Waals surface area contributed by atoms with E-state index >= 15 is 0 Å². The Morgan fingerprint density at radius 1 is 0.282 bits per heavy atom. The molecule has 1 aromatic rings. The van der Waals surface area contributed by atoms with E-state index in [1.807, 2.05) is 0 Å². The van der Waals surface area contributed by atoms with E-state index in [2.05, 4.69) is 133 Å². The molecule has 27 amide bonds. The molecule has 1 aliphatic rings. The summed E-state index contributed by atoms with van der Waals surface area (Å²) in [5, 5.41) is 69.8. The molecule has 149 heavy (non-hydrogen) atoms. The van der Waals surface area contributed by atoms with Gasteiger partial charge in [-0.05, 0) is 221 Å². The Kier molecular flexibility index (Phi) is 55.6. The number of unbranched alkanes of at least 4 members (excludes halogenated alkanes) is 2. The third-order valence-electron chi connectivity index (χ3n) is 23.0. The van der Waals surface area contributed by atoms with Crippen molar-refractivity contribution in [3.8, 4) is 5.75 Å². The Morgan fingerprint density at radius 2 is 0.517 bits per heavy atom. The molecule has 0 spiro atoms. The van der Waals surface area contributed by atoms with E-state index in [1.165, 1.54) is 162 Å². The molecule has 2 rings (SSSR count). The fraction of sp³-hybridized carbons (Fsp3) is 0.641. The molecule has 0 unspecified atom stereocenters. The summed E-state index contributed by atoms with van der Waals surface area (Å²) in [6.07, 6.45) is 2.73. The summed E-state index contributed by atoms with van der Waals surface area (Å²) in [4.78, 5) is 354. The van der Waals surface area contributed by atoms with Gasteiger partial charge in [0.25, 0.3) is 0 Å². The van der Waals surface area contributed by atoms with E-state index in [0.29, 0.717) is 44.2 Å².